The molecule has 0 aliphatic carbocycles. The maximum atomic E-state index is 13.6. The molecule has 2 aliphatic rings. The van der Waals surface area contributed by atoms with Crippen molar-refractivity contribution in [2.24, 2.45) is 16.8 Å². The molecular formula is C28H26ClF6N3O3. The van der Waals surface area contributed by atoms with Crippen molar-refractivity contribution in [3.8, 4) is 0 Å². The molecule has 6 nitrogen and oxygen atoms in total. The Kier molecular flexibility index (Phi) is 8.54. The van der Waals surface area contributed by atoms with Crippen molar-refractivity contribution in [1.29, 1.82) is 0 Å². The predicted octanol–water partition coefficient (Wildman–Crippen LogP) is 6.87. The summed E-state index contributed by atoms with van der Waals surface area (Å²) < 4.78 is 78.3. The van der Waals surface area contributed by atoms with Crippen LogP contribution in [0.3, 0.4) is 0 Å². The van der Waals surface area contributed by atoms with E-state index in [9.17, 15) is 40.7 Å². The number of hydrogen-bond donors (Lipinski definition) is 1. The smallest absolute Gasteiger partial charge is 0.322 e. The number of para-hydroxylation sites is 1. The van der Waals surface area contributed by atoms with Gasteiger partial charge in [0.05, 0.1) is 23.2 Å². The van der Waals surface area contributed by atoms with Crippen molar-refractivity contribution < 1.29 is 40.7 Å². The molecule has 0 unspecified atom stereocenters. The van der Waals surface area contributed by atoms with Crippen LogP contribution in [0.15, 0.2) is 47.5 Å². The largest absolute Gasteiger partial charge is 0.389 e. The van der Waals surface area contributed by atoms with Gasteiger partial charge in [0.15, 0.2) is 0 Å². The maximum Gasteiger partial charge on any atom is 0.389 e. The summed E-state index contributed by atoms with van der Waals surface area (Å²) in [7, 11) is 0. The summed E-state index contributed by atoms with van der Waals surface area (Å²) >= 11 is 6.19. The van der Waals surface area contributed by atoms with Gasteiger partial charge < -0.3 is 5.32 Å². The van der Waals surface area contributed by atoms with E-state index in [0.717, 1.165) is 0 Å². The third-order valence-electron chi connectivity index (χ3n) is 7.12. The number of carbonyl (C=O) groups is 3. The molecule has 13 heteroatoms. The Morgan fingerprint density at radius 3 is 1.98 bits per heavy atom. The molecule has 1 fully saturated rings. The Balaban J connectivity index is 1.83. The molecule has 2 aromatic rings. The molecule has 3 amide bonds. The third kappa shape index (κ3) is 6.74. The van der Waals surface area contributed by atoms with Gasteiger partial charge in [-0.3, -0.25) is 14.4 Å². The number of aliphatic imine (C=N–C) groups is 1. The predicted molar refractivity (Wildman–Crippen MR) is 139 cm³/mol. The number of nitrogens with one attached hydrogen (secondary N) is 1. The molecule has 1 saturated heterocycles. The zero-order chi connectivity index (χ0) is 30.3. The molecule has 0 aromatic heterocycles. The Hall–Kier alpha value is -3.41. The van der Waals surface area contributed by atoms with Crippen LogP contribution in [0.1, 0.15) is 62.1 Å². The summed E-state index contributed by atoms with van der Waals surface area (Å²) in [6, 6.07) is 11.6. The van der Waals surface area contributed by atoms with Gasteiger partial charge in [0.1, 0.15) is 0 Å². The van der Waals surface area contributed by atoms with Gasteiger partial charge in [-0.2, -0.15) is 26.3 Å². The van der Waals surface area contributed by atoms with Gasteiger partial charge in [0.2, 0.25) is 18.0 Å². The number of nitrogens with zero attached hydrogens (tertiary/aromatic N) is 2. The molecule has 41 heavy (non-hydrogen) atoms. The molecule has 220 valence electrons. The van der Waals surface area contributed by atoms with Crippen LogP contribution in [-0.4, -0.2) is 46.9 Å². The summed E-state index contributed by atoms with van der Waals surface area (Å²) in [5.41, 5.74) is 2.09. The van der Waals surface area contributed by atoms with Gasteiger partial charge in [-0.25, -0.2) is 9.89 Å². The van der Waals surface area contributed by atoms with Gasteiger partial charge in [0.25, 0.3) is 5.91 Å². The van der Waals surface area contributed by atoms with E-state index < -0.39 is 73.8 Å². The first-order chi connectivity index (χ1) is 19.1. The van der Waals surface area contributed by atoms with Crippen molar-refractivity contribution in [2.45, 2.75) is 64.0 Å². The summed E-state index contributed by atoms with van der Waals surface area (Å²) in [5.74, 6) is -6.74. The van der Waals surface area contributed by atoms with Crippen molar-refractivity contribution in [3.05, 3.63) is 64.2 Å². The summed E-state index contributed by atoms with van der Waals surface area (Å²) in [6.45, 7) is 3.76. The second-order valence-corrected chi connectivity index (χ2v) is 10.8. The van der Waals surface area contributed by atoms with E-state index in [1.165, 1.54) is 0 Å². The molecule has 2 heterocycles. The van der Waals surface area contributed by atoms with E-state index in [4.69, 9.17) is 11.6 Å². The standard InChI is InChI=1S/C28H26ClF6N3O3/c1-14(2)17-7-4-8-20-21(15-5-3-6-16(29)13-15)36-23(24(39)37-22(17)20)38-25(40)18(9-11-27(30,31)32)19(26(38)41)10-12-28(33,34)35/h3-8,13-14,18-19,23H,9-12H2,1-2H3,(H,37,39)/t18-,19+,23-/m0/s1. The van der Waals surface area contributed by atoms with E-state index in [-0.39, 0.29) is 11.6 Å². The highest BCUT2D eigenvalue weighted by Gasteiger charge is 2.53. The minimum Gasteiger partial charge on any atom is -0.322 e. The van der Waals surface area contributed by atoms with Crippen LogP contribution in [0.5, 0.6) is 0 Å². The minimum absolute atomic E-state index is 0.0871. The molecule has 0 bridgehead atoms. The number of fused-ring (bicyclic) bond motifs is 1. The number of carbonyl (C=O) groups excluding carboxylic acids is 3. The third-order valence-corrected chi connectivity index (χ3v) is 7.36. The maximum absolute atomic E-state index is 13.6. The Labute approximate surface area is 236 Å². The zero-order valence-electron chi connectivity index (χ0n) is 21.9. The molecule has 0 saturated carbocycles. The van der Waals surface area contributed by atoms with Crippen molar-refractivity contribution in [1.82, 2.24) is 4.90 Å². The quantitative estimate of drug-likeness (QED) is 0.278. The highest BCUT2D eigenvalue weighted by molar-refractivity contribution is 6.31. The number of alkyl halides is 6. The number of imide groups is 1. The molecular weight excluding hydrogens is 576 g/mol. The fourth-order valence-electron chi connectivity index (χ4n) is 5.21. The van der Waals surface area contributed by atoms with Gasteiger partial charge in [-0.1, -0.05) is 55.8 Å². The van der Waals surface area contributed by atoms with Crippen LogP contribution in [0.25, 0.3) is 0 Å². The van der Waals surface area contributed by atoms with E-state index in [1.54, 1.807) is 42.5 Å². The molecule has 0 spiro atoms. The number of hydrogen-bond acceptors (Lipinski definition) is 4. The summed E-state index contributed by atoms with van der Waals surface area (Å²) in [6.07, 6.45) is -16.1. The Morgan fingerprint density at radius 1 is 0.902 bits per heavy atom. The number of rotatable bonds is 7. The number of likely N-dealkylation sites (tertiary alicyclic amines) is 1. The minimum atomic E-state index is -4.71. The highest BCUT2D eigenvalue weighted by atomic mass is 35.5. The average molecular weight is 602 g/mol. The molecule has 1 N–H and O–H groups in total. The topological polar surface area (TPSA) is 78.8 Å². The highest BCUT2D eigenvalue weighted by Crippen LogP contribution is 2.40. The van der Waals surface area contributed by atoms with E-state index in [1.807, 2.05) is 13.8 Å². The van der Waals surface area contributed by atoms with Gasteiger partial charge in [-0.05, 0) is 36.5 Å². The van der Waals surface area contributed by atoms with Crippen LogP contribution in [-0.2, 0) is 14.4 Å². The van der Waals surface area contributed by atoms with Gasteiger partial charge in [-0.15, -0.1) is 0 Å². The summed E-state index contributed by atoms with van der Waals surface area (Å²) in [5, 5.41) is 3.02. The number of halogens is 7. The van der Waals surface area contributed by atoms with Gasteiger partial charge >= 0.3 is 12.4 Å². The number of benzodiazepines with no additional fused rings is 1. The fourth-order valence-corrected chi connectivity index (χ4v) is 5.40. The van der Waals surface area contributed by atoms with Crippen molar-refractivity contribution in [3.63, 3.8) is 0 Å². The first-order valence-corrected chi connectivity index (χ1v) is 13.2. The molecule has 2 aliphatic heterocycles. The average Bonchev–Trinajstić information content (AvgIpc) is 2.99. The van der Waals surface area contributed by atoms with Crippen LogP contribution >= 0.6 is 11.6 Å². The Bertz CT molecular complexity index is 1350. The van der Waals surface area contributed by atoms with E-state index in [0.29, 0.717) is 32.3 Å². The van der Waals surface area contributed by atoms with Crippen LogP contribution in [0, 0.1) is 11.8 Å². The molecule has 3 atom stereocenters. The fraction of sp³-hybridized carbons (Fsp3) is 0.429. The lowest BCUT2D eigenvalue weighted by Gasteiger charge is -2.22. The van der Waals surface area contributed by atoms with Gasteiger partial charge in [0, 0.05) is 29.0 Å². The first kappa shape index (κ1) is 30.5. The van der Waals surface area contributed by atoms with Crippen molar-refractivity contribution >= 4 is 40.7 Å². The number of amides is 3. The molecule has 4 rings (SSSR count). The SMILES string of the molecule is CC(C)c1cccc2c1NC(=O)[C@H](N1C(=O)[C@@H](CCC(F)(F)F)[C@@H](CCC(F)(F)F)C1=O)N=C2c1cccc(Cl)c1. The lowest BCUT2D eigenvalue weighted by molar-refractivity contribution is -0.147. The van der Waals surface area contributed by atoms with Crippen LogP contribution < -0.4 is 5.32 Å². The molecule has 0 radical (unpaired) electrons. The second-order valence-electron chi connectivity index (χ2n) is 10.3. The summed E-state index contributed by atoms with van der Waals surface area (Å²) in [4.78, 5) is 45.4. The Morgan fingerprint density at radius 2 is 1.46 bits per heavy atom. The van der Waals surface area contributed by atoms with Crippen molar-refractivity contribution in [2.75, 3.05) is 5.32 Å². The monoisotopic (exact) mass is 601 g/mol. The van der Waals surface area contributed by atoms with E-state index >= 15 is 0 Å². The second kappa shape index (κ2) is 11.5. The zero-order valence-corrected chi connectivity index (χ0v) is 22.7. The van der Waals surface area contributed by atoms with Crippen LogP contribution in [0.2, 0.25) is 5.02 Å². The van der Waals surface area contributed by atoms with E-state index in [2.05, 4.69) is 10.3 Å². The number of anilines is 1. The van der Waals surface area contributed by atoms with Crippen LogP contribution in [0.4, 0.5) is 32.0 Å². The number of benzene rings is 2. The molecule has 2 aromatic carbocycles. The normalized spacial score (nSPS) is 21.6. The lowest BCUT2D eigenvalue weighted by atomic mass is 9.87. The first-order valence-electron chi connectivity index (χ1n) is 12.9. The lowest BCUT2D eigenvalue weighted by Crippen LogP contribution is -2.46.